The first kappa shape index (κ1) is 19.4. The van der Waals surface area contributed by atoms with E-state index in [-0.39, 0.29) is 40.7 Å². The molecule has 0 bridgehead atoms. The number of hydrogen-bond donors (Lipinski definition) is 0. The van der Waals surface area contributed by atoms with Crippen LogP contribution < -0.4 is 0 Å². The lowest BCUT2D eigenvalue weighted by atomic mass is 9.83. The van der Waals surface area contributed by atoms with Crippen molar-refractivity contribution in [3.05, 3.63) is 170 Å². The molecule has 1 nitrogen and oxygen atoms in total. The van der Waals surface area contributed by atoms with Crippen LogP contribution in [0.2, 0.25) is 0 Å². The summed E-state index contributed by atoms with van der Waals surface area (Å²) < 4.78 is 68.3. The van der Waals surface area contributed by atoms with Crippen molar-refractivity contribution < 1.29 is 14.0 Å². The molecule has 0 saturated carbocycles. The van der Waals surface area contributed by atoms with Gasteiger partial charge in [-0.25, -0.2) is 0 Å². The van der Waals surface area contributed by atoms with Gasteiger partial charge >= 0.3 is 0 Å². The van der Waals surface area contributed by atoms with Crippen LogP contribution in [0.4, 0.5) is 0 Å². The Labute approximate surface area is 271 Å². The molecule has 0 amide bonds. The first-order valence-corrected chi connectivity index (χ1v) is 14.9. The quantitative estimate of drug-likeness (QED) is 0.189. The minimum Gasteiger partial charge on any atom is -0.456 e. The predicted molar refractivity (Wildman–Crippen MR) is 190 cm³/mol. The predicted octanol–water partition coefficient (Wildman–Crippen LogP) is 12.6. The van der Waals surface area contributed by atoms with Crippen LogP contribution in [0.1, 0.15) is 9.60 Å². The molecule has 45 heavy (non-hydrogen) atoms. The largest absolute Gasteiger partial charge is 0.456 e. The average Bonchev–Trinajstić information content (AvgIpc) is 3.58. The van der Waals surface area contributed by atoms with Crippen molar-refractivity contribution in [2.75, 3.05) is 0 Å². The molecule has 0 fully saturated rings. The Kier molecular flexibility index (Phi) is 4.46. The molecule has 1 aromatic heterocycles. The molecule has 0 spiro atoms. The van der Waals surface area contributed by atoms with Gasteiger partial charge in [-0.2, -0.15) is 0 Å². The molecule has 0 unspecified atom stereocenters. The summed E-state index contributed by atoms with van der Waals surface area (Å²) in [7, 11) is 0. The zero-order valence-electron chi connectivity index (χ0n) is 31.0. The maximum Gasteiger partial charge on any atom is 0.136 e. The number of rotatable bonds is 4. The molecular weight excluding hydrogens is 544 g/mol. The Bertz CT molecular complexity index is 2860. The van der Waals surface area contributed by atoms with E-state index in [1.165, 1.54) is 0 Å². The van der Waals surface area contributed by atoms with Gasteiger partial charge in [-0.3, -0.25) is 0 Å². The minimum atomic E-state index is -0.419. The Hall–Kier alpha value is -5.92. The van der Waals surface area contributed by atoms with Crippen molar-refractivity contribution in [1.29, 1.82) is 0 Å². The molecule has 0 N–H and O–H groups in total. The standard InChI is InChI=1S/C44H28O/c1-3-14-29(15-4-1)31-18-13-19-32(26-31)42-34-20-7-9-22-36(34)43(37-23-10-8-21-35(37)42)39-27-33(30-16-5-2-6-17-30)28-41-44(39)38-24-11-12-25-40(38)45-41/h1-28H/i1D,11D,12D,24D,25D,27D,28D. The highest BCUT2D eigenvalue weighted by atomic mass is 16.3. The topological polar surface area (TPSA) is 13.1 Å². The lowest BCUT2D eigenvalue weighted by molar-refractivity contribution is 0.669. The van der Waals surface area contributed by atoms with E-state index in [9.17, 15) is 2.74 Å². The molecule has 8 aromatic carbocycles. The van der Waals surface area contributed by atoms with E-state index in [0.29, 0.717) is 28.1 Å². The second kappa shape index (κ2) is 10.4. The molecule has 0 saturated heterocycles. The van der Waals surface area contributed by atoms with Gasteiger partial charge in [0.1, 0.15) is 11.2 Å². The van der Waals surface area contributed by atoms with Crippen LogP contribution in [-0.4, -0.2) is 0 Å². The Morgan fingerprint density at radius 2 is 0.978 bits per heavy atom. The van der Waals surface area contributed by atoms with E-state index >= 15 is 0 Å². The van der Waals surface area contributed by atoms with Crippen LogP contribution >= 0.6 is 0 Å². The van der Waals surface area contributed by atoms with Crippen molar-refractivity contribution in [3.8, 4) is 44.5 Å². The third-order valence-electron chi connectivity index (χ3n) is 8.52. The maximum atomic E-state index is 9.92. The van der Waals surface area contributed by atoms with Crippen LogP contribution in [0.25, 0.3) is 88.0 Å². The molecule has 0 aliphatic rings. The highest BCUT2D eigenvalue weighted by Gasteiger charge is 2.21. The summed E-state index contributed by atoms with van der Waals surface area (Å²) in [6, 6.07) is 40.2. The van der Waals surface area contributed by atoms with Crippen molar-refractivity contribution in [2.45, 2.75) is 0 Å². The average molecular weight is 580 g/mol. The summed E-state index contributed by atoms with van der Waals surface area (Å²) in [6.07, 6.45) is 0. The molecule has 0 atom stereocenters. The highest BCUT2D eigenvalue weighted by Crippen LogP contribution is 2.48. The van der Waals surface area contributed by atoms with Crippen LogP contribution in [-0.2, 0) is 0 Å². The van der Waals surface area contributed by atoms with E-state index in [1.807, 2.05) is 84.9 Å². The van der Waals surface area contributed by atoms with E-state index in [4.69, 9.17) is 11.3 Å². The lowest BCUT2D eigenvalue weighted by Crippen LogP contribution is -1.92. The number of furan rings is 1. The van der Waals surface area contributed by atoms with Crippen LogP contribution in [0.15, 0.2) is 174 Å². The van der Waals surface area contributed by atoms with Gasteiger partial charge < -0.3 is 4.42 Å². The molecule has 0 aliphatic heterocycles. The second-order valence-corrected chi connectivity index (χ2v) is 11.1. The fraction of sp³-hybridized carbons (Fsp3) is 0. The smallest absolute Gasteiger partial charge is 0.136 e. The monoisotopic (exact) mass is 579 g/mol. The zero-order chi connectivity index (χ0) is 35.8. The maximum absolute atomic E-state index is 9.92. The Morgan fingerprint density at radius 1 is 0.400 bits per heavy atom. The van der Waals surface area contributed by atoms with Crippen molar-refractivity contribution >= 4 is 43.5 Å². The van der Waals surface area contributed by atoms with Gasteiger partial charge in [0.15, 0.2) is 0 Å². The molecule has 1 heteroatoms. The molecule has 9 aromatic rings. The van der Waals surface area contributed by atoms with E-state index in [1.54, 1.807) is 12.1 Å². The number of fused-ring (bicyclic) bond motifs is 5. The lowest BCUT2D eigenvalue weighted by Gasteiger charge is -2.19. The van der Waals surface area contributed by atoms with Gasteiger partial charge in [0.25, 0.3) is 0 Å². The molecule has 210 valence electrons. The van der Waals surface area contributed by atoms with Crippen molar-refractivity contribution in [3.63, 3.8) is 0 Å². The summed E-state index contributed by atoms with van der Waals surface area (Å²) in [6.45, 7) is 0. The van der Waals surface area contributed by atoms with E-state index in [2.05, 4.69) is 30.3 Å². The summed E-state index contributed by atoms with van der Waals surface area (Å²) in [4.78, 5) is 0. The van der Waals surface area contributed by atoms with Gasteiger partial charge in [-0.05, 0) is 90.2 Å². The van der Waals surface area contributed by atoms with Crippen molar-refractivity contribution in [2.24, 2.45) is 0 Å². The molecule has 0 aliphatic carbocycles. The Balaban J connectivity index is 1.47. The Morgan fingerprint density at radius 3 is 1.71 bits per heavy atom. The van der Waals surface area contributed by atoms with Crippen LogP contribution in [0, 0.1) is 0 Å². The van der Waals surface area contributed by atoms with Crippen LogP contribution in [0.3, 0.4) is 0 Å². The summed E-state index contributed by atoms with van der Waals surface area (Å²) >= 11 is 0. The SMILES string of the molecule is [2H]c1ccc(-c2cccc(-c3c4ccccc4c(-c4c([2H])c(-c5ccccc5)c([2H])c5oc6c([2H])c([2H])c([2H])c([2H])c6c45)c4ccccc34)c2)cc1. The zero-order valence-corrected chi connectivity index (χ0v) is 24.0. The summed E-state index contributed by atoms with van der Waals surface area (Å²) in [5.74, 6) is 0. The van der Waals surface area contributed by atoms with Crippen molar-refractivity contribution in [1.82, 2.24) is 0 Å². The summed E-state index contributed by atoms with van der Waals surface area (Å²) in [5.41, 5.74) is 6.26. The van der Waals surface area contributed by atoms with Gasteiger partial charge in [-0.15, -0.1) is 0 Å². The summed E-state index contributed by atoms with van der Waals surface area (Å²) in [5, 5.41) is 4.05. The number of benzene rings is 8. The number of hydrogen-bond acceptors (Lipinski definition) is 1. The van der Waals surface area contributed by atoms with E-state index < -0.39 is 12.1 Å². The fourth-order valence-corrected chi connectivity index (χ4v) is 6.56. The normalized spacial score (nSPS) is 13.7. The molecular formula is C44H28O. The second-order valence-electron chi connectivity index (χ2n) is 11.1. The fourth-order valence-electron chi connectivity index (χ4n) is 6.56. The van der Waals surface area contributed by atoms with E-state index in [0.717, 1.165) is 49.4 Å². The van der Waals surface area contributed by atoms with Gasteiger partial charge in [0, 0.05) is 10.8 Å². The molecule has 9 rings (SSSR count). The van der Waals surface area contributed by atoms with Gasteiger partial charge in [0.2, 0.25) is 0 Å². The van der Waals surface area contributed by atoms with Crippen LogP contribution in [0.5, 0.6) is 0 Å². The first-order valence-electron chi connectivity index (χ1n) is 18.4. The van der Waals surface area contributed by atoms with Gasteiger partial charge in [-0.1, -0.05) is 145 Å². The third-order valence-corrected chi connectivity index (χ3v) is 8.52. The van der Waals surface area contributed by atoms with Gasteiger partial charge in [0.05, 0.1) is 9.60 Å². The third kappa shape index (κ3) is 4.17. The minimum absolute atomic E-state index is 0.0409. The first-order chi connectivity index (χ1) is 25.2. The molecule has 0 radical (unpaired) electrons. The molecule has 1 heterocycles. The highest BCUT2D eigenvalue weighted by molar-refractivity contribution is 6.26. The number of para-hydroxylation sites is 1.